The van der Waals surface area contributed by atoms with Crippen molar-refractivity contribution in [3.05, 3.63) is 112 Å². The highest BCUT2D eigenvalue weighted by atomic mass is 31.0. The Morgan fingerprint density at radius 1 is 1.31 bits per heavy atom. The minimum atomic E-state index is -1.03. The molecule has 204 valence electrons. The van der Waals surface area contributed by atoms with Gasteiger partial charge in [0.1, 0.15) is 17.3 Å². The number of carboxylic acid groups (broad SMARTS) is 1. The molecule has 0 fully saturated rings. The molecule has 2 heterocycles. The minimum Gasteiger partial charge on any atom is -0.478 e. The van der Waals surface area contributed by atoms with Gasteiger partial charge in [-0.1, -0.05) is 43.4 Å². The number of hydrogen-bond acceptors (Lipinski definition) is 4. The Morgan fingerprint density at radius 2 is 2.05 bits per heavy atom. The summed E-state index contributed by atoms with van der Waals surface area (Å²) in [7, 11) is 5.50. The highest BCUT2D eigenvalue weighted by Crippen LogP contribution is 2.42. The maximum Gasteiger partial charge on any atom is 0.337 e. The molecule has 0 bridgehead atoms. The fourth-order valence-corrected chi connectivity index (χ4v) is 4.71. The summed E-state index contributed by atoms with van der Waals surface area (Å²) in [6.45, 7) is 8.94. The summed E-state index contributed by atoms with van der Waals surface area (Å²) in [5.74, 6) is 1.56. The summed E-state index contributed by atoms with van der Waals surface area (Å²) >= 11 is 0. The number of aromatic carboxylic acids is 1. The van der Waals surface area contributed by atoms with Crippen molar-refractivity contribution >= 4 is 31.9 Å². The molecule has 0 aromatic heterocycles. The van der Waals surface area contributed by atoms with E-state index in [4.69, 9.17) is 4.74 Å². The van der Waals surface area contributed by atoms with Gasteiger partial charge in [0.25, 0.3) is 0 Å². The van der Waals surface area contributed by atoms with Crippen LogP contribution in [0.1, 0.15) is 61.6 Å². The number of carboxylic acids is 1. The Balaban J connectivity index is 0.000000449. The topological polar surface area (TPSA) is 61.8 Å². The maximum atomic E-state index is 14.6. The average Bonchev–Trinajstić information content (AvgIpc) is 2.90. The first-order valence-electron chi connectivity index (χ1n) is 12.9. The zero-order valence-corrected chi connectivity index (χ0v) is 24.1. The molecule has 5 nitrogen and oxygen atoms in total. The van der Waals surface area contributed by atoms with E-state index in [2.05, 4.69) is 51.4 Å². The molecule has 0 saturated carbocycles. The first-order valence-corrected chi connectivity index (χ1v) is 13.5. The van der Waals surface area contributed by atoms with E-state index in [0.717, 1.165) is 24.1 Å². The largest absolute Gasteiger partial charge is 0.478 e. The van der Waals surface area contributed by atoms with Crippen molar-refractivity contribution in [1.82, 2.24) is 4.90 Å². The van der Waals surface area contributed by atoms with E-state index in [9.17, 15) is 14.3 Å². The van der Waals surface area contributed by atoms with E-state index in [-0.39, 0.29) is 11.4 Å². The van der Waals surface area contributed by atoms with Crippen molar-refractivity contribution in [3.63, 3.8) is 0 Å². The van der Waals surface area contributed by atoms with Gasteiger partial charge in [-0.2, -0.15) is 0 Å². The molecule has 2 aromatic carbocycles. The van der Waals surface area contributed by atoms with Gasteiger partial charge in [0.2, 0.25) is 0 Å². The monoisotopic (exact) mass is 546 g/mol. The molecule has 4 rings (SSSR count). The van der Waals surface area contributed by atoms with Crippen LogP contribution in [0.25, 0.3) is 5.57 Å². The van der Waals surface area contributed by atoms with Crippen LogP contribution in [0.2, 0.25) is 0 Å². The predicted molar refractivity (Wildman–Crippen MR) is 162 cm³/mol. The number of allylic oxidation sites excluding steroid dienone is 7. The zero-order valence-electron chi connectivity index (χ0n) is 23.1. The van der Waals surface area contributed by atoms with Crippen molar-refractivity contribution in [1.29, 1.82) is 0 Å². The number of rotatable bonds is 7. The lowest BCUT2D eigenvalue weighted by Crippen LogP contribution is -2.15. The molecule has 2 N–H and O–H groups in total. The zero-order chi connectivity index (χ0) is 28.5. The SMILES string of the molecule is C/C=C(\C=P)C1=C/C(=C/CC)c2cc(F)cc(C(C)Nc3ccccc3C(=O)O)c2O1.CC1=CN(C)CC=C1. The van der Waals surface area contributed by atoms with E-state index in [0.29, 0.717) is 28.3 Å². The molecule has 2 aliphatic heterocycles. The summed E-state index contributed by atoms with van der Waals surface area (Å²) in [6.07, 6.45) is 13.1. The van der Waals surface area contributed by atoms with Gasteiger partial charge < -0.3 is 20.1 Å². The number of hydrogen-bond donors (Lipinski definition) is 2. The van der Waals surface area contributed by atoms with E-state index >= 15 is 0 Å². The molecule has 2 aliphatic rings. The lowest BCUT2D eigenvalue weighted by Gasteiger charge is -2.27. The Hall–Kier alpha value is -3.89. The van der Waals surface area contributed by atoms with Gasteiger partial charge in [-0.15, -0.1) is 8.86 Å². The van der Waals surface area contributed by atoms with Gasteiger partial charge in [-0.25, -0.2) is 9.18 Å². The van der Waals surface area contributed by atoms with Crippen LogP contribution in [0.3, 0.4) is 0 Å². The summed E-state index contributed by atoms with van der Waals surface area (Å²) in [4.78, 5) is 13.7. The first kappa shape index (κ1) is 29.7. The summed E-state index contributed by atoms with van der Waals surface area (Å²) in [5.41, 5.74) is 4.95. The molecule has 1 unspecified atom stereocenters. The quantitative estimate of drug-likeness (QED) is 0.344. The summed E-state index contributed by atoms with van der Waals surface area (Å²) < 4.78 is 20.9. The van der Waals surface area contributed by atoms with Crippen LogP contribution in [0.15, 0.2) is 89.9 Å². The number of carbonyl (C=O) groups is 1. The number of benzene rings is 2. The predicted octanol–water partition coefficient (Wildman–Crippen LogP) is 8.05. The molecule has 1 atom stereocenters. The van der Waals surface area contributed by atoms with Crippen molar-refractivity contribution in [2.45, 2.75) is 40.2 Å². The Kier molecular flexibility index (Phi) is 10.5. The van der Waals surface area contributed by atoms with Gasteiger partial charge in [0.05, 0.1) is 11.6 Å². The molecule has 0 radical (unpaired) electrons. The third-order valence-corrected chi connectivity index (χ3v) is 6.57. The van der Waals surface area contributed by atoms with Gasteiger partial charge in [-0.3, -0.25) is 0 Å². The second kappa shape index (κ2) is 13.8. The number of anilines is 1. The van der Waals surface area contributed by atoms with Crippen LogP contribution < -0.4 is 10.1 Å². The number of nitrogens with zero attached hydrogens (tertiary/aromatic N) is 1. The molecule has 2 aromatic rings. The smallest absolute Gasteiger partial charge is 0.337 e. The second-order valence-electron chi connectivity index (χ2n) is 9.37. The van der Waals surface area contributed by atoms with E-state index in [1.807, 2.05) is 39.0 Å². The van der Waals surface area contributed by atoms with Gasteiger partial charge in [-0.05, 0) is 74.5 Å². The van der Waals surface area contributed by atoms with Crippen LogP contribution in [0.5, 0.6) is 5.75 Å². The van der Waals surface area contributed by atoms with Crippen LogP contribution in [0.4, 0.5) is 10.1 Å². The minimum absolute atomic E-state index is 0.150. The van der Waals surface area contributed by atoms with Gasteiger partial charge in [0, 0.05) is 42.2 Å². The number of halogens is 1. The number of ether oxygens (including phenoxy) is 1. The molecule has 0 amide bonds. The first-order chi connectivity index (χ1) is 18.7. The highest BCUT2D eigenvalue weighted by Gasteiger charge is 2.25. The van der Waals surface area contributed by atoms with E-state index < -0.39 is 12.0 Å². The normalized spacial score (nSPS) is 16.2. The number of likely N-dealkylation sites (N-methyl/N-ethyl adjacent to an activating group) is 1. The number of fused-ring (bicyclic) bond motifs is 1. The van der Waals surface area contributed by atoms with Crippen LogP contribution in [0, 0.1) is 5.82 Å². The standard InChI is InChI=1S/C25H25FNO3P.C7H11N/c1-4-8-17-11-23(16(5-2)14-31)30-24-20(12-18(26)13-21(17)24)15(3)27-22-10-7-6-9-19(22)25(28)29;1-7-4-3-5-8(2)6-7/h5-15,27,31H,4H2,1-3H3,(H,28,29);3-4,6H,5H2,1-2H3/b16-5+,17-8-;. The third-order valence-electron chi connectivity index (χ3n) is 6.26. The lowest BCUT2D eigenvalue weighted by atomic mass is 9.93. The van der Waals surface area contributed by atoms with Crippen molar-refractivity contribution in [2.75, 3.05) is 18.9 Å². The summed E-state index contributed by atoms with van der Waals surface area (Å²) in [6, 6.07) is 9.14. The van der Waals surface area contributed by atoms with Crippen LogP contribution in [-0.2, 0) is 0 Å². The fraction of sp³-hybridized carbons (Fsp3) is 0.250. The van der Waals surface area contributed by atoms with E-state index in [1.165, 1.54) is 23.8 Å². The molecule has 0 spiro atoms. The highest BCUT2D eigenvalue weighted by molar-refractivity contribution is 7.19. The molecule has 39 heavy (non-hydrogen) atoms. The second-order valence-corrected chi connectivity index (χ2v) is 9.66. The number of nitrogens with one attached hydrogen (secondary N) is 1. The fourth-order valence-electron chi connectivity index (χ4n) is 4.41. The van der Waals surface area contributed by atoms with Crippen LogP contribution >= 0.6 is 8.86 Å². The summed E-state index contributed by atoms with van der Waals surface area (Å²) in [5, 5.41) is 12.7. The van der Waals surface area contributed by atoms with Crippen molar-refractivity contribution < 1.29 is 19.0 Å². The molecular weight excluding hydrogens is 510 g/mol. The van der Waals surface area contributed by atoms with Crippen molar-refractivity contribution in [2.24, 2.45) is 0 Å². The molecule has 7 heteroatoms. The van der Waals surface area contributed by atoms with Gasteiger partial charge >= 0.3 is 5.97 Å². The van der Waals surface area contributed by atoms with Crippen LogP contribution in [-0.4, -0.2) is 35.4 Å². The van der Waals surface area contributed by atoms with Crippen molar-refractivity contribution in [3.8, 4) is 5.75 Å². The molecule has 0 aliphatic carbocycles. The lowest BCUT2D eigenvalue weighted by molar-refractivity contribution is 0.0698. The van der Waals surface area contributed by atoms with E-state index in [1.54, 1.807) is 24.0 Å². The Bertz CT molecular complexity index is 1390. The molecular formula is C32H36FN2O3P. The number of para-hydroxylation sites is 1. The van der Waals surface area contributed by atoms with Gasteiger partial charge in [0.15, 0.2) is 0 Å². The average molecular weight is 547 g/mol. The molecule has 0 saturated heterocycles. The Labute approximate surface area is 232 Å². The maximum absolute atomic E-state index is 14.6. The Morgan fingerprint density at radius 3 is 2.64 bits per heavy atom. The third kappa shape index (κ3) is 7.58.